The van der Waals surface area contributed by atoms with Crippen LogP contribution in [0.15, 0.2) is 9.98 Å². The molecule has 0 spiro atoms. The predicted octanol–water partition coefficient (Wildman–Crippen LogP) is 3.16. The lowest BCUT2D eigenvalue weighted by molar-refractivity contribution is 0.245. The number of hydrogen-bond acceptors (Lipinski definition) is 5. The number of hydrogen-bond donors (Lipinski definition) is 2. The highest BCUT2D eigenvalue weighted by Crippen LogP contribution is 2.29. The van der Waals surface area contributed by atoms with E-state index in [1.165, 1.54) is 0 Å². The van der Waals surface area contributed by atoms with Crippen molar-refractivity contribution in [3.8, 4) is 0 Å². The van der Waals surface area contributed by atoms with Crippen LogP contribution >= 0.6 is 11.8 Å². The average Bonchev–Trinajstić information content (AvgIpc) is 2.90. The van der Waals surface area contributed by atoms with Gasteiger partial charge in [0.15, 0.2) is 5.17 Å². The largest absolute Gasteiger partial charge is 0.463 e. The molecule has 0 aromatic carbocycles. The third kappa shape index (κ3) is 5.59. The second-order valence-corrected chi connectivity index (χ2v) is 9.49. The molecule has 23 heavy (non-hydrogen) atoms. The zero-order chi connectivity index (χ0) is 17.3. The van der Waals surface area contributed by atoms with Crippen LogP contribution in [0.3, 0.4) is 0 Å². The lowest BCUT2D eigenvalue weighted by atomic mass is 9.89. The summed E-state index contributed by atoms with van der Waals surface area (Å²) >= 11 is 1.82. The Hall–Kier alpha value is -0.910. The van der Waals surface area contributed by atoms with Gasteiger partial charge in [-0.2, -0.15) is 0 Å². The molecule has 0 aromatic heterocycles. The van der Waals surface area contributed by atoms with Gasteiger partial charge in [-0.15, -0.1) is 0 Å². The number of aliphatic imine (C=N–C) groups is 2. The number of ether oxygens (including phenoxy) is 1. The fourth-order valence-electron chi connectivity index (χ4n) is 2.59. The Balaban J connectivity index is 1.87. The highest BCUT2D eigenvalue weighted by atomic mass is 32.2. The topological polar surface area (TPSA) is 58.0 Å². The zero-order valence-electron chi connectivity index (χ0n) is 15.6. The summed E-state index contributed by atoms with van der Waals surface area (Å²) < 4.78 is 5.70. The van der Waals surface area contributed by atoms with E-state index in [4.69, 9.17) is 9.73 Å². The van der Waals surface area contributed by atoms with Crippen LogP contribution in [0.2, 0.25) is 0 Å². The minimum atomic E-state index is -0.0451. The van der Waals surface area contributed by atoms with Gasteiger partial charge in [0.25, 0.3) is 6.02 Å². The van der Waals surface area contributed by atoms with Crippen molar-refractivity contribution in [1.29, 1.82) is 0 Å². The molecular formula is C17H32N4OS. The molecule has 0 radical (unpaired) electrons. The molecule has 1 fully saturated rings. The standard InChI is InChI=1S/C17H32N4OS/c1-12(2)18-13-19-17(7,10-22-13)9-8-15(3,4)20-14-21-16(5,6)11-23-14/h12H,8-11H2,1-7H3,(H,18,19)(H,20,21). The molecule has 132 valence electrons. The summed E-state index contributed by atoms with van der Waals surface area (Å²) in [7, 11) is 0. The molecule has 1 saturated heterocycles. The third-order valence-corrected chi connectivity index (χ3v) is 5.34. The molecule has 6 heteroatoms. The van der Waals surface area contributed by atoms with Crippen molar-refractivity contribution < 1.29 is 4.74 Å². The summed E-state index contributed by atoms with van der Waals surface area (Å²) in [5.41, 5.74) is 0.0174. The quantitative estimate of drug-likeness (QED) is 0.807. The molecule has 2 rings (SSSR count). The van der Waals surface area contributed by atoms with E-state index in [9.17, 15) is 0 Å². The SMILES string of the molecule is CC(C)/N=C1/NC(C)(CCC(C)(C)NC2=NC(C)(C)CS2)CO1. The Bertz CT molecular complexity index is 499. The molecule has 0 aromatic rings. The highest BCUT2D eigenvalue weighted by molar-refractivity contribution is 8.14. The van der Waals surface area contributed by atoms with E-state index in [1.807, 2.05) is 11.8 Å². The number of nitrogens with one attached hydrogen (secondary N) is 2. The first-order valence-corrected chi connectivity index (χ1v) is 9.47. The molecule has 0 saturated carbocycles. The van der Waals surface area contributed by atoms with Gasteiger partial charge in [0.1, 0.15) is 6.61 Å². The predicted molar refractivity (Wildman–Crippen MR) is 100 cm³/mol. The third-order valence-electron chi connectivity index (χ3n) is 4.03. The van der Waals surface area contributed by atoms with Crippen LogP contribution in [0.25, 0.3) is 0 Å². The van der Waals surface area contributed by atoms with Gasteiger partial charge >= 0.3 is 0 Å². The van der Waals surface area contributed by atoms with E-state index in [2.05, 4.69) is 64.1 Å². The van der Waals surface area contributed by atoms with Gasteiger partial charge in [-0.05, 0) is 61.3 Å². The van der Waals surface area contributed by atoms with E-state index in [1.54, 1.807) is 0 Å². The van der Waals surface area contributed by atoms with Gasteiger partial charge < -0.3 is 15.4 Å². The van der Waals surface area contributed by atoms with E-state index in [-0.39, 0.29) is 22.7 Å². The Morgan fingerprint density at radius 3 is 2.65 bits per heavy atom. The summed E-state index contributed by atoms with van der Waals surface area (Å²) in [6.07, 6.45) is 2.06. The maximum atomic E-state index is 5.70. The van der Waals surface area contributed by atoms with Crippen LogP contribution in [0, 0.1) is 0 Å². The van der Waals surface area contributed by atoms with Gasteiger partial charge in [0, 0.05) is 17.3 Å². The number of thioether (sulfide) groups is 1. The Morgan fingerprint density at radius 2 is 2.09 bits per heavy atom. The Labute approximate surface area is 145 Å². The second kappa shape index (κ2) is 6.54. The summed E-state index contributed by atoms with van der Waals surface area (Å²) in [6, 6.07) is 0.935. The number of nitrogens with zero attached hydrogens (tertiary/aromatic N) is 2. The Morgan fingerprint density at radius 1 is 1.39 bits per heavy atom. The van der Waals surface area contributed by atoms with Crippen molar-refractivity contribution in [2.75, 3.05) is 12.4 Å². The van der Waals surface area contributed by atoms with Crippen molar-refractivity contribution >= 4 is 23.0 Å². The van der Waals surface area contributed by atoms with Gasteiger partial charge in [-0.3, -0.25) is 4.99 Å². The maximum absolute atomic E-state index is 5.70. The average molecular weight is 341 g/mol. The molecule has 1 unspecified atom stereocenters. The van der Waals surface area contributed by atoms with E-state index in [0.717, 1.165) is 23.8 Å². The van der Waals surface area contributed by atoms with Crippen LogP contribution in [0.1, 0.15) is 61.3 Å². The minimum Gasteiger partial charge on any atom is -0.463 e. The van der Waals surface area contributed by atoms with Crippen LogP contribution in [-0.2, 0) is 4.74 Å². The molecule has 2 aliphatic rings. The zero-order valence-corrected chi connectivity index (χ0v) is 16.4. The van der Waals surface area contributed by atoms with E-state index >= 15 is 0 Å². The van der Waals surface area contributed by atoms with E-state index < -0.39 is 0 Å². The van der Waals surface area contributed by atoms with Gasteiger partial charge in [-0.1, -0.05) is 11.8 Å². The number of amidine groups is 2. The van der Waals surface area contributed by atoms with Crippen LogP contribution < -0.4 is 10.6 Å². The fraction of sp³-hybridized carbons (Fsp3) is 0.882. The van der Waals surface area contributed by atoms with Crippen molar-refractivity contribution in [3.63, 3.8) is 0 Å². The van der Waals surface area contributed by atoms with Crippen molar-refractivity contribution in [2.24, 2.45) is 9.98 Å². The summed E-state index contributed by atoms with van der Waals surface area (Å²) in [5.74, 6) is 1.05. The van der Waals surface area contributed by atoms with Gasteiger partial charge in [0.2, 0.25) is 0 Å². The second-order valence-electron chi connectivity index (χ2n) is 8.53. The molecule has 1 atom stereocenters. The van der Waals surface area contributed by atoms with Gasteiger partial charge in [0.05, 0.1) is 11.1 Å². The minimum absolute atomic E-state index is 0.00882. The van der Waals surface area contributed by atoms with Gasteiger partial charge in [-0.25, -0.2) is 4.99 Å². The smallest absolute Gasteiger partial charge is 0.285 e. The first kappa shape index (κ1) is 18.4. The van der Waals surface area contributed by atoms with Crippen molar-refractivity contribution in [1.82, 2.24) is 10.6 Å². The summed E-state index contributed by atoms with van der Waals surface area (Å²) in [5, 5.41) is 8.12. The van der Waals surface area contributed by atoms with Crippen molar-refractivity contribution in [2.45, 2.75) is 84.0 Å². The molecule has 2 N–H and O–H groups in total. The van der Waals surface area contributed by atoms with Crippen LogP contribution in [0.4, 0.5) is 0 Å². The maximum Gasteiger partial charge on any atom is 0.285 e. The molecule has 0 amide bonds. The number of rotatable bonds is 5. The summed E-state index contributed by atoms with van der Waals surface area (Å²) in [6.45, 7) is 15.8. The molecule has 2 aliphatic heterocycles. The van der Waals surface area contributed by atoms with E-state index in [0.29, 0.717) is 12.6 Å². The molecule has 0 aliphatic carbocycles. The monoisotopic (exact) mass is 340 g/mol. The molecule has 0 bridgehead atoms. The fourth-order valence-corrected chi connectivity index (χ4v) is 3.80. The lowest BCUT2D eigenvalue weighted by Crippen LogP contribution is -2.46. The Kier molecular flexibility index (Phi) is 5.24. The summed E-state index contributed by atoms with van der Waals surface area (Å²) in [4.78, 5) is 9.22. The first-order chi connectivity index (χ1) is 10.5. The normalized spacial score (nSPS) is 28.7. The van der Waals surface area contributed by atoms with Crippen LogP contribution in [0.5, 0.6) is 0 Å². The molecule has 5 nitrogen and oxygen atoms in total. The van der Waals surface area contributed by atoms with Crippen LogP contribution in [-0.4, -0.2) is 46.2 Å². The van der Waals surface area contributed by atoms with Crippen molar-refractivity contribution in [3.05, 3.63) is 0 Å². The lowest BCUT2D eigenvalue weighted by Gasteiger charge is -2.31. The highest BCUT2D eigenvalue weighted by Gasteiger charge is 2.36. The first-order valence-electron chi connectivity index (χ1n) is 8.48. The molecule has 2 heterocycles. The molecular weight excluding hydrogens is 308 g/mol.